The Kier molecular flexibility index (Phi) is 7.00. The second kappa shape index (κ2) is 8.93. The highest BCUT2D eigenvalue weighted by atomic mass is 16.5. The van der Waals surface area contributed by atoms with E-state index in [9.17, 15) is 4.79 Å². The number of hydrogen-bond donors (Lipinski definition) is 1. The molecule has 0 aliphatic heterocycles. The zero-order chi connectivity index (χ0) is 22.7. The topological polar surface area (TPSA) is 55.8 Å². The average Bonchev–Trinajstić information content (AvgIpc) is 2.66. The number of rotatable bonds is 4. The van der Waals surface area contributed by atoms with Gasteiger partial charge in [-0.1, -0.05) is 59.4 Å². The summed E-state index contributed by atoms with van der Waals surface area (Å²) in [6.07, 6.45) is -0.484. The predicted octanol–water partition coefficient (Wildman–Crippen LogP) is 5.73. The molecular weight excluding hydrogens is 376 g/mol. The van der Waals surface area contributed by atoms with E-state index >= 15 is 0 Å². The maximum absolute atomic E-state index is 11.0. The number of carboxylic acids is 1. The van der Waals surface area contributed by atoms with Gasteiger partial charge in [0, 0.05) is 23.8 Å². The molecular formula is C26H32O4. The molecule has 1 unspecified atom stereocenters. The zero-order valence-electron chi connectivity index (χ0n) is 19.2. The Bertz CT molecular complexity index is 962. The lowest BCUT2D eigenvalue weighted by atomic mass is 9.78. The summed E-state index contributed by atoms with van der Waals surface area (Å²) in [6, 6.07) is 10.8. The van der Waals surface area contributed by atoms with E-state index in [1.54, 1.807) is 38.5 Å². The second-order valence-electron chi connectivity index (χ2n) is 9.41. The van der Waals surface area contributed by atoms with Gasteiger partial charge in [0.05, 0.1) is 12.7 Å². The van der Waals surface area contributed by atoms with Crippen LogP contribution >= 0.6 is 0 Å². The van der Waals surface area contributed by atoms with Crippen molar-refractivity contribution in [3.8, 4) is 17.6 Å². The number of carbonyl (C=O) groups is 1. The lowest BCUT2D eigenvalue weighted by Gasteiger charge is -2.29. The third-order valence-electron chi connectivity index (χ3n) is 4.99. The molecule has 160 valence electrons. The van der Waals surface area contributed by atoms with Gasteiger partial charge >= 0.3 is 5.97 Å². The minimum atomic E-state index is -0.956. The van der Waals surface area contributed by atoms with Crippen LogP contribution in [0.2, 0.25) is 0 Å². The minimum absolute atomic E-state index is 0.0423. The highest BCUT2D eigenvalue weighted by molar-refractivity contribution is 5.87. The molecule has 2 aromatic carbocycles. The minimum Gasteiger partial charge on any atom is -0.496 e. The van der Waals surface area contributed by atoms with Crippen molar-refractivity contribution in [3.63, 3.8) is 0 Å². The number of hydrogen-bond acceptors (Lipinski definition) is 3. The smallest absolute Gasteiger partial charge is 0.335 e. The molecule has 0 aromatic heterocycles. The molecule has 0 heterocycles. The molecule has 4 nitrogen and oxygen atoms in total. The van der Waals surface area contributed by atoms with Crippen LogP contribution in [0.15, 0.2) is 36.4 Å². The monoisotopic (exact) mass is 408 g/mol. The van der Waals surface area contributed by atoms with Gasteiger partial charge in [0.25, 0.3) is 0 Å². The zero-order valence-corrected chi connectivity index (χ0v) is 19.2. The van der Waals surface area contributed by atoms with Crippen LogP contribution < -0.4 is 4.74 Å². The molecule has 0 amide bonds. The van der Waals surface area contributed by atoms with E-state index < -0.39 is 12.1 Å². The summed E-state index contributed by atoms with van der Waals surface area (Å²) < 4.78 is 11.6. The van der Waals surface area contributed by atoms with Crippen LogP contribution in [0.1, 0.15) is 80.3 Å². The van der Waals surface area contributed by atoms with Gasteiger partial charge in [-0.2, -0.15) is 0 Å². The molecule has 0 bridgehead atoms. The Balaban J connectivity index is 2.60. The van der Waals surface area contributed by atoms with E-state index in [1.165, 1.54) is 5.56 Å². The number of ether oxygens (including phenoxy) is 2. The van der Waals surface area contributed by atoms with Crippen molar-refractivity contribution in [1.82, 2.24) is 0 Å². The first-order chi connectivity index (χ1) is 13.9. The second-order valence-corrected chi connectivity index (χ2v) is 9.41. The predicted molar refractivity (Wildman–Crippen MR) is 120 cm³/mol. The summed E-state index contributed by atoms with van der Waals surface area (Å²) >= 11 is 0. The van der Waals surface area contributed by atoms with Crippen LogP contribution in [0, 0.1) is 11.8 Å². The average molecular weight is 409 g/mol. The first kappa shape index (κ1) is 23.5. The maximum atomic E-state index is 11.0. The van der Waals surface area contributed by atoms with Gasteiger partial charge < -0.3 is 14.6 Å². The Hall–Kier alpha value is -2.77. The highest BCUT2D eigenvalue weighted by Crippen LogP contribution is 2.41. The van der Waals surface area contributed by atoms with Gasteiger partial charge in [-0.05, 0) is 46.7 Å². The van der Waals surface area contributed by atoms with Gasteiger partial charge in [-0.3, -0.25) is 0 Å². The van der Waals surface area contributed by atoms with Crippen molar-refractivity contribution < 1.29 is 19.4 Å². The molecule has 1 atom stereocenters. The molecule has 4 heteroatoms. The summed E-state index contributed by atoms with van der Waals surface area (Å²) in [4.78, 5) is 11.0. The first-order valence-corrected chi connectivity index (χ1v) is 9.99. The van der Waals surface area contributed by atoms with Crippen LogP contribution in [0.3, 0.4) is 0 Å². The van der Waals surface area contributed by atoms with Gasteiger partial charge in [-0.15, -0.1) is 0 Å². The van der Waals surface area contributed by atoms with Crippen molar-refractivity contribution in [1.29, 1.82) is 0 Å². The quantitative estimate of drug-likeness (QED) is 0.657. The van der Waals surface area contributed by atoms with Gasteiger partial charge in [-0.25, -0.2) is 4.79 Å². The highest BCUT2D eigenvalue weighted by Gasteiger charge is 2.28. The molecule has 0 spiro atoms. The molecule has 0 saturated heterocycles. The van der Waals surface area contributed by atoms with Gasteiger partial charge in [0.2, 0.25) is 0 Å². The summed E-state index contributed by atoms with van der Waals surface area (Å²) in [5.74, 6) is 6.12. The van der Waals surface area contributed by atoms with Crippen LogP contribution in [0.5, 0.6) is 5.75 Å². The van der Waals surface area contributed by atoms with Crippen LogP contribution in [-0.2, 0) is 15.6 Å². The molecule has 30 heavy (non-hydrogen) atoms. The number of methoxy groups -OCH3 is 2. The fourth-order valence-electron chi connectivity index (χ4n) is 3.17. The van der Waals surface area contributed by atoms with Crippen molar-refractivity contribution >= 4 is 5.97 Å². The number of benzene rings is 2. The molecule has 0 aliphatic rings. The molecule has 0 saturated carbocycles. The molecule has 0 fully saturated rings. The van der Waals surface area contributed by atoms with E-state index in [0.29, 0.717) is 0 Å². The van der Waals surface area contributed by atoms with Crippen LogP contribution in [0.4, 0.5) is 0 Å². The fourth-order valence-corrected chi connectivity index (χ4v) is 3.17. The van der Waals surface area contributed by atoms with E-state index in [1.807, 2.05) is 0 Å². The molecule has 1 N–H and O–H groups in total. The Morgan fingerprint density at radius 1 is 0.967 bits per heavy atom. The maximum Gasteiger partial charge on any atom is 0.335 e. The van der Waals surface area contributed by atoms with Crippen molar-refractivity contribution in [2.75, 3.05) is 14.2 Å². The van der Waals surface area contributed by atoms with Crippen LogP contribution in [-0.4, -0.2) is 25.3 Å². The SMILES string of the molecule is COc1c(C(C#Cc2ccc(C(=O)O)cc2)OC)cc(C(C)(C)C)cc1C(C)(C)C. The lowest BCUT2D eigenvalue weighted by Crippen LogP contribution is -2.19. The summed E-state index contributed by atoms with van der Waals surface area (Å²) in [6.45, 7) is 13.0. The summed E-state index contributed by atoms with van der Waals surface area (Å²) in [7, 11) is 3.31. The molecule has 0 radical (unpaired) electrons. The van der Waals surface area contributed by atoms with E-state index in [0.717, 1.165) is 22.4 Å². The normalized spacial score (nSPS) is 12.7. The standard InChI is InChI=1S/C26H32O4/c1-25(2,3)19-15-20(23(30-8)21(16-19)26(4,5)6)22(29-7)14-11-17-9-12-18(13-10-17)24(27)28/h9-10,12-13,15-16,22H,1-8H3,(H,27,28). The Morgan fingerprint density at radius 2 is 1.57 bits per heavy atom. The van der Waals surface area contributed by atoms with E-state index in [2.05, 4.69) is 65.5 Å². The Labute approximate surface area is 180 Å². The molecule has 2 aromatic rings. The van der Waals surface area contributed by atoms with E-state index in [-0.39, 0.29) is 16.4 Å². The third kappa shape index (κ3) is 5.43. The lowest BCUT2D eigenvalue weighted by molar-refractivity contribution is 0.0697. The largest absolute Gasteiger partial charge is 0.496 e. The number of aromatic carboxylic acids is 1. The fraction of sp³-hybridized carbons (Fsp3) is 0.423. The van der Waals surface area contributed by atoms with Crippen LogP contribution in [0.25, 0.3) is 0 Å². The molecule has 2 rings (SSSR count). The molecule has 0 aliphatic carbocycles. The van der Waals surface area contributed by atoms with Gasteiger partial charge in [0.15, 0.2) is 0 Å². The van der Waals surface area contributed by atoms with Gasteiger partial charge in [0.1, 0.15) is 11.9 Å². The first-order valence-electron chi connectivity index (χ1n) is 9.99. The van der Waals surface area contributed by atoms with E-state index in [4.69, 9.17) is 14.6 Å². The summed E-state index contributed by atoms with van der Waals surface area (Å²) in [5.41, 5.74) is 4.01. The number of carboxylic acid groups (broad SMARTS) is 1. The van der Waals surface area contributed by atoms with Crippen molar-refractivity contribution in [2.24, 2.45) is 0 Å². The van der Waals surface area contributed by atoms with Crippen molar-refractivity contribution in [3.05, 3.63) is 64.2 Å². The summed E-state index contributed by atoms with van der Waals surface area (Å²) in [5, 5.41) is 9.05. The Morgan fingerprint density at radius 3 is 2.00 bits per heavy atom. The third-order valence-corrected chi connectivity index (χ3v) is 4.99. The van der Waals surface area contributed by atoms with Crippen molar-refractivity contribution in [2.45, 2.75) is 58.5 Å².